The van der Waals surface area contributed by atoms with Crippen LogP contribution in [0.5, 0.6) is 0 Å². The summed E-state index contributed by atoms with van der Waals surface area (Å²) in [7, 11) is -3.76. The van der Waals surface area contributed by atoms with Crippen LogP contribution >= 0.6 is 11.6 Å². The molecule has 27 heavy (non-hydrogen) atoms. The number of hydrogen-bond donors (Lipinski definition) is 3. The van der Waals surface area contributed by atoms with E-state index in [0.717, 1.165) is 5.69 Å². The van der Waals surface area contributed by atoms with Crippen LogP contribution in [-0.2, 0) is 10.0 Å². The Balaban J connectivity index is 1.66. The van der Waals surface area contributed by atoms with E-state index in [1.165, 1.54) is 24.3 Å². The average Bonchev–Trinajstić information content (AvgIpc) is 2.69. The van der Waals surface area contributed by atoms with Gasteiger partial charge in [-0.15, -0.1) is 0 Å². The summed E-state index contributed by atoms with van der Waals surface area (Å²) < 4.78 is 27.3. The molecular weight excluding hydrogens is 386 g/mol. The molecule has 0 aliphatic carbocycles. The van der Waals surface area contributed by atoms with E-state index in [0.29, 0.717) is 16.3 Å². The van der Waals surface area contributed by atoms with E-state index < -0.39 is 10.0 Å². The Morgan fingerprint density at radius 3 is 2.04 bits per heavy atom. The second-order valence-corrected chi connectivity index (χ2v) is 7.70. The van der Waals surface area contributed by atoms with Gasteiger partial charge in [0, 0.05) is 16.3 Å². The summed E-state index contributed by atoms with van der Waals surface area (Å²) in [4.78, 5) is 12.2. The van der Waals surface area contributed by atoms with E-state index in [4.69, 9.17) is 11.6 Å². The van der Waals surface area contributed by atoms with Gasteiger partial charge in [0.1, 0.15) is 0 Å². The molecule has 0 fully saturated rings. The number of sulfonamides is 1. The Morgan fingerprint density at radius 1 is 0.778 bits per heavy atom. The minimum Gasteiger partial charge on any atom is -0.298 e. The number of rotatable bonds is 6. The molecule has 0 aliphatic rings. The summed E-state index contributed by atoms with van der Waals surface area (Å²) in [6.45, 7) is 0. The Labute approximate surface area is 162 Å². The van der Waals surface area contributed by atoms with Crippen LogP contribution in [0.25, 0.3) is 0 Å². The van der Waals surface area contributed by atoms with Crippen molar-refractivity contribution in [2.24, 2.45) is 0 Å². The Morgan fingerprint density at radius 2 is 1.41 bits per heavy atom. The highest BCUT2D eigenvalue weighted by Crippen LogP contribution is 2.19. The number of halogens is 1. The zero-order valence-electron chi connectivity index (χ0n) is 14.0. The molecule has 3 aromatic rings. The fourth-order valence-corrected chi connectivity index (χ4v) is 3.42. The second-order valence-electron chi connectivity index (χ2n) is 5.58. The Bertz CT molecular complexity index is 1020. The standard InChI is InChI=1S/C19H16ClN3O3S/c20-15-8-10-17(11-9-15)23-27(25,26)18-12-6-14(7-13-18)19(24)22-21-16-4-2-1-3-5-16/h1-13,21,23H,(H,22,24). The molecule has 0 bridgehead atoms. The SMILES string of the molecule is O=C(NNc1ccccc1)c1ccc(S(=O)(=O)Nc2ccc(Cl)cc2)cc1. The van der Waals surface area contributed by atoms with Gasteiger partial charge in [-0.25, -0.2) is 8.42 Å². The van der Waals surface area contributed by atoms with Crippen molar-refractivity contribution in [1.29, 1.82) is 0 Å². The predicted octanol–water partition coefficient (Wildman–Crippen LogP) is 3.90. The van der Waals surface area contributed by atoms with Crippen molar-refractivity contribution in [1.82, 2.24) is 5.43 Å². The highest BCUT2D eigenvalue weighted by Gasteiger charge is 2.15. The summed E-state index contributed by atoms with van der Waals surface area (Å²) in [5, 5.41) is 0.512. The summed E-state index contributed by atoms with van der Waals surface area (Å²) in [5.41, 5.74) is 6.79. The molecule has 6 nitrogen and oxygen atoms in total. The molecule has 138 valence electrons. The lowest BCUT2D eigenvalue weighted by Gasteiger charge is -2.10. The molecule has 3 N–H and O–H groups in total. The number of benzene rings is 3. The van der Waals surface area contributed by atoms with Gasteiger partial charge in [0.25, 0.3) is 15.9 Å². The first-order valence-electron chi connectivity index (χ1n) is 7.94. The fraction of sp³-hybridized carbons (Fsp3) is 0. The summed E-state index contributed by atoms with van der Waals surface area (Å²) in [5.74, 6) is -0.381. The minimum absolute atomic E-state index is 0.0463. The Hall–Kier alpha value is -3.03. The van der Waals surface area contributed by atoms with Crippen LogP contribution in [0.15, 0.2) is 83.8 Å². The van der Waals surface area contributed by atoms with Gasteiger partial charge in [-0.05, 0) is 60.7 Å². The van der Waals surface area contributed by atoms with E-state index in [-0.39, 0.29) is 10.8 Å². The van der Waals surface area contributed by atoms with E-state index in [1.807, 2.05) is 18.2 Å². The van der Waals surface area contributed by atoms with Crippen molar-refractivity contribution in [3.8, 4) is 0 Å². The molecule has 0 saturated carbocycles. The van der Waals surface area contributed by atoms with Gasteiger partial charge in [-0.1, -0.05) is 29.8 Å². The highest BCUT2D eigenvalue weighted by atomic mass is 35.5. The van der Waals surface area contributed by atoms with Crippen LogP contribution in [0, 0.1) is 0 Å². The quantitative estimate of drug-likeness (QED) is 0.547. The molecule has 0 spiro atoms. The molecule has 3 rings (SSSR count). The molecule has 0 aliphatic heterocycles. The molecule has 0 aromatic heterocycles. The number of para-hydroxylation sites is 1. The summed E-state index contributed by atoms with van der Waals surface area (Å²) in [6, 6.07) is 21.1. The van der Waals surface area contributed by atoms with Crippen molar-refractivity contribution >= 4 is 38.9 Å². The fourth-order valence-electron chi connectivity index (χ4n) is 2.24. The maximum absolute atomic E-state index is 12.4. The van der Waals surface area contributed by atoms with Gasteiger partial charge >= 0.3 is 0 Å². The number of nitrogens with one attached hydrogen (secondary N) is 3. The summed E-state index contributed by atoms with van der Waals surface area (Å²) >= 11 is 5.79. The minimum atomic E-state index is -3.76. The average molecular weight is 402 g/mol. The molecule has 8 heteroatoms. The number of carbonyl (C=O) groups excluding carboxylic acids is 1. The normalized spacial score (nSPS) is 10.9. The maximum atomic E-state index is 12.4. The highest BCUT2D eigenvalue weighted by molar-refractivity contribution is 7.92. The number of hydrazine groups is 1. The number of anilines is 2. The smallest absolute Gasteiger partial charge is 0.269 e. The van der Waals surface area contributed by atoms with Crippen LogP contribution in [-0.4, -0.2) is 14.3 Å². The summed E-state index contributed by atoms with van der Waals surface area (Å²) in [6.07, 6.45) is 0. The van der Waals surface area contributed by atoms with Gasteiger partial charge in [0.15, 0.2) is 0 Å². The molecule has 1 amide bonds. The largest absolute Gasteiger partial charge is 0.298 e. The third-order valence-electron chi connectivity index (χ3n) is 3.62. The first-order chi connectivity index (χ1) is 12.9. The first kappa shape index (κ1) is 18.8. The topological polar surface area (TPSA) is 87.3 Å². The zero-order valence-corrected chi connectivity index (χ0v) is 15.6. The van der Waals surface area contributed by atoms with Gasteiger partial charge in [0.05, 0.1) is 10.6 Å². The van der Waals surface area contributed by atoms with E-state index in [1.54, 1.807) is 36.4 Å². The number of carbonyl (C=O) groups is 1. The predicted molar refractivity (Wildman–Crippen MR) is 106 cm³/mol. The molecular formula is C19H16ClN3O3S. The van der Waals surface area contributed by atoms with Crippen molar-refractivity contribution < 1.29 is 13.2 Å². The lowest BCUT2D eigenvalue weighted by molar-refractivity contribution is 0.0962. The van der Waals surface area contributed by atoms with Crippen LogP contribution in [0.2, 0.25) is 5.02 Å². The second kappa shape index (κ2) is 8.11. The molecule has 0 unspecified atom stereocenters. The van der Waals surface area contributed by atoms with Crippen LogP contribution < -0.4 is 15.6 Å². The van der Waals surface area contributed by atoms with E-state index in [9.17, 15) is 13.2 Å². The first-order valence-corrected chi connectivity index (χ1v) is 9.80. The van der Waals surface area contributed by atoms with Gasteiger partial charge in [0.2, 0.25) is 0 Å². The molecule has 3 aromatic carbocycles. The molecule has 0 heterocycles. The lowest BCUT2D eigenvalue weighted by Crippen LogP contribution is -2.29. The van der Waals surface area contributed by atoms with Gasteiger partial charge in [-0.3, -0.25) is 20.4 Å². The van der Waals surface area contributed by atoms with E-state index in [2.05, 4.69) is 15.6 Å². The monoisotopic (exact) mass is 401 g/mol. The molecule has 0 radical (unpaired) electrons. The van der Waals surface area contributed by atoms with Crippen LogP contribution in [0.3, 0.4) is 0 Å². The van der Waals surface area contributed by atoms with Crippen molar-refractivity contribution in [3.05, 3.63) is 89.4 Å². The third kappa shape index (κ3) is 4.99. The zero-order chi connectivity index (χ0) is 19.3. The van der Waals surface area contributed by atoms with Crippen molar-refractivity contribution in [2.75, 3.05) is 10.1 Å². The van der Waals surface area contributed by atoms with E-state index >= 15 is 0 Å². The molecule has 0 saturated heterocycles. The van der Waals surface area contributed by atoms with Gasteiger partial charge < -0.3 is 0 Å². The third-order valence-corrected chi connectivity index (χ3v) is 5.27. The lowest BCUT2D eigenvalue weighted by atomic mass is 10.2. The van der Waals surface area contributed by atoms with Crippen molar-refractivity contribution in [2.45, 2.75) is 4.90 Å². The van der Waals surface area contributed by atoms with Crippen LogP contribution in [0.4, 0.5) is 11.4 Å². The maximum Gasteiger partial charge on any atom is 0.269 e. The number of amides is 1. The van der Waals surface area contributed by atoms with Crippen molar-refractivity contribution in [3.63, 3.8) is 0 Å². The Kier molecular flexibility index (Phi) is 5.63. The van der Waals surface area contributed by atoms with Gasteiger partial charge in [-0.2, -0.15) is 0 Å². The van der Waals surface area contributed by atoms with Crippen LogP contribution in [0.1, 0.15) is 10.4 Å². The number of hydrogen-bond acceptors (Lipinski definition) is 4. The molecule has 0 atom stereocenters.